The Kier molecular flexibility index (Phi) is 4.77. The monoisotopic (exact) mass is 325 g/mol. The summed E-state index contributed by atoms with van der Waals surface area (Å²) in [5.41, 5.74) is 7.99. The van der Waals surface area contributed by atoms with E-state index in [-0.39, 0.29) is 6.04 Å². The first-order chi connectivity index (χ1) is 11.7. The maximum Gasteiger partial charge on any atom is 0.228 e. The third-order valence-corrected chi connectivity index (χ3v) is 3.70. The summed E-state index contributed by atoms with van der Waals surface area (Å²) < 4.78 is 15.9. The molecule has 0 bridgehead atoms. The average molecular weight is 325 g/mol. The molecule has 0 fully saturated rings. The Balaban J connectivity index is 1.81. The van der Waals surface area contributed by atoms with Gasteiger partial charge in [0, 0.05) is 24.1 Å². The number of rotatable bonds is 6. The second-order valence-corrected chi connectivity index (χ2v) is 5.33. The largest absolute Gasteiger partial charge is 0.497 e. The van der Waals surface area contributed by atoms with Crippen LogP contribution in [0.4, 0.5) is 0 Å². The molecule has 0 amide bonds. The summed E-state index contributed by atoms with van der Waals surface area (Å²) in [7, 11) is 3.19. The molecule has 24 heavy (non-hydrogen) atoms. The van der Waals surface area contributed by atoms with Gasteiger partial charge in [-0.15, -0.1) is 0 Å². The third-order valence-electron chi connectivity index (χ3n) is 3.70. The van der Waals surface area contributed by atoms with Gasteiger partial charge in [0.2, 0.25) is 11.7 Å². The summed E-state index contributed by atoms with van der Waals surface area (Å²) in [6.45, 7) is 0. The van der Waals surface area contributed by atoms with E-state index >= 15 is 0 Å². The summed E-state index contributed by atoms with van der Waals surface area (Å²) in [5.74, 6) is 2.29. The number of methoxy groups -OCH3 is 2. The number of aromatic nitrogens is 2. The van der Waals surface area contributed by atoms with Gasteiger partial charge in [-0.05, 0) is 17.7 Å². The summed E-state index contributed by atoms with van der Waals surface area (Å²) in [6, 6.07) is 15.1. The third kappa shape index (κ3) is 3.55. The summed E-state index contributed by atoms with van der Waals surface area (Å²) in [4.78, 5) is 4.43. The fourth-order valence-corrected chi connectivity index (χ4v) is 2.40. The molecule has 3 aromatic rings. The number of ether oxygens (including phenoxy) is 2. The average Bonchev–Trinajstić information content (AvgIpc) is 3.10. The Morgan fingerprint density at radius 2 is 1.71 bits per heavy atom. The van der Waals surface area contributed by atoms with Crippen molar-refractivity contribution in [2.45, 2.75) is 12.5 Å². The molecule has 1 atom stereocenters. The van der Waals surface area contributed by atoms with Gasteiger partial charge in [0.25, 0.3) is 0 Å². The van der Waals surface area contributed by atoms with Crippen LogP contribution in [0.25, 0.3) is 11.4 Å². The molecule has 0 aliphatic carbocycles. The van der Waals surface area contributed by atoms with E-state index in [4.69, 9.17) is 19.7 Å². The topological polar surface area (TPSA) is 83.4 Å². The number of benzene rings is 2. The van der Waals surface area contributed by atoms with E-state index in [0.29, 0.717) is 29.6 Å². The van der Waals surface area contributed by atoms with Crippen LogP contribution in [0.3, 0.4) is 0 Å². The standard InChI is InChI=1S/C18H19N3O3/c1-22-14-8-13(9-15(10-14)23-2)18-20-17(24-21-18)11-16(19)12-6-4-3-5-7-12/h3-10,16H,11,19H2,1-2H3/t16-/m1/s1. The Bertz CT molecular complexity index is 780. The highest BCUT2D eigenvalue weighted by atomic mass is 16.5. The molecule has 6 heteroatoms. The number of hydrogen-bond donors (Lipinski definition) is 1. The molecular formula is C18H19N3O3. The van der Waals surface area contributed by atoms with Crippen LogP contribution >= 0.6 is 0 Å². The van der Waals surface area contributed by atoms with Crippen LogP contribution in [0.5, 0.6) is 11.5 Å². The molecule has 0 unspecified atom stereocenters. The molecule has 2 N–H and O–H groups in total. The zero-order valence-electron chi connectivity index (χ0n) is 13.6. The van der Waals surface area contributed by atoms with Crippen LogP contribution in [-0.4, -0.2) is 24.4 Å². The van der Waals surface area contributed by atoms with Gasteiger partial charge in [0.15, 0.2) is 0 Å². The van der Waals surface area contributed by atoms with Crippen LogP contribution in [-0.2, 0) is 6.42 Å². The second-order valence-electron chi connectivity index (χ2n) is 5.33. The van der Waals surface area contributed by atoms with Crippen molar-refractivity contribution in [2.75, 3.05) is 14.2 Å². The van der Waals surface area contributed by atoms with E-state index in [1.807, 2.05) is 42.5 Å². The maximum atomic E-state index is 6.20. The van der Waals surface area contributed by atoms with Crippen molar-refractivity contribution < 1.29 is 14.0 Å². The van der Waals surface area contributed by atoms with Gasteiger partial charge in [-0.2, -0.15) is 4.98 Å². The van der Waals surface area contributed by atoms with E-state index in [9.17, 15) is 0 Å². The molecule has 0 aliphatic heterocycles. The van der Waals surface area contributed by atoms with Crippen molar-refractivity contribution in [2.24, 2.45) is 5.73 Å². The molecule has 0 aliphatic rings. The van der Waals surface area contributed by atoms with Crippen molar-refractivity contribution in [1.82, 2.24) is 10.1 Å². The van der Waals surface area contributed by atoms with E-state index in [2.05, 4.69) is 10.1 Å². The van der Waals surface area contributed by atoms with Gasteiger partial charge in [0.05, 0.1) is 14.2 Å². The molecule has 124 valence electrons. The number of nitrogens with two attached hydrogens (primary N) is 1. The smallest absolute Gasteiger partial charge is 0.228 e. The normalized spacial score (nSPS) is 12.0. The molecule has 2 aromatic carbocycles. The highest BCUT2D eigenvalue weighted by molar-refractivity contribution is 5.60. The maximum absolute atomic E-state index is 6.20. The first-order valence-corrected chi connectivity index (χ1v) is 7.56. The Morgan fingerprint density at radius 3 is 2.33 bits per heavy atom. The minimum absolute atomic E-state index is 0.195. The van der Waals surface area contributed by atoms with E-state index < -0.39 is 0 Å². The van der Waals surface area contributed by atoms with Crippen LogP contribution in [0.1, 0.15) is 17.5 Å². The fourth-order valence-electron chi connectivity index (χ4n) is 2.40. The van der Waals surface area contributed by atoms with E-state index in [1.54, 1.807) is 20.3 Å². The quantitative estimate of drug-likeness (QED) is 0.750. The fraction of sp³-hybridized carbons (Fsp3) is 0.222. The molecule has 0 spiro atoms. The predicted octanol–water partition coefficient (Wildman–Crippen LogP) is 3.00. The molecule has 3 rings (SSSR count). The second kappa shape index (κ2) is 7.14. The number of hydrogen-bond acceptors (Lipinski definition) is 6. The van der Waals surface area contributed by atoms with Gasteiger partial charge in [0.1, 0.15) is 11.5 Å². The van der Waals surface area contributed by atoms with Crippen molar-refractivity contribution in [3.05, 3.63) is 60.0 Å². The Hall–Kier alpha value is -2.86. The molecular weight excluding hydrogens is 306 g/mol. The van der Waals surface area contributed by atoms with Crippen LogP contribution < -0.4 is 15.2 Å². The molecule has 0 radical (unpaired) electrons. The lowest BCUT2D eigenvalue weighted by molar-refractivity contribution is 0.370. The molecule has 1 heterocycles. The molecule has 0 saturated heterocycles. The van der Waals surface area contributed by atoms with E-state index in [1.165, 1.54) is 0 Å². The number of nitrogens with zero attached hydrogens (tertiary/aromatic N) is 2. The van der Waals surface area contributed by atoms with Gasteiger partial charge >= 0.3 is 0 Å². The first kappa shape index (κ1) is 16.0. The van der Waals surface area contributed by atoms with Gasteiger partial charge in [-0.25, -0.2) is 0 Å². The van der Waals surface area contributed by atoms with Crippen molar-refractivity contribution >= 4 is 0 Å². The lowest BCUT2D eigenvalue weighted by atomic mass is 10.1. The summed E-state index contributed by atoms with van der Waals surface area (Å²) >= 11 is 0. The van der Waals surface area contributed by atoms with Crippen molar-refractivity contribution in [3.8, 4) is 22.9 Å². The molecule has 0 saturated carbocycles. The van der Waals surface area contributed by atoms with E-state index in [0.717, 1.165) is 11.1 Å². The Labute approximate surface area is 140 Å². The van der Waals surface area contributed by atoms with Crippen molar-refractivity contribution in [1.29, 1.82) is 0 Å². The zero-order valence-corrected chi connectivity index (χ0v) is 13.6. The summed E-state index contributed by atoms with van der Waals surface area (Å²) in [6.07, 6.45) is 0.470. The molecule has 1 aromatic heterocycles. The highest BCUT2D eigenvalue weighted by Crippen LogP contribution is 2.28. The first-order valence-electron chi connectivity index (χ1n) is 7.56. The highest BCUT2D eigenvalue weighted by Gasteiger charge is 2.15. The lowest BCUT2D eigenvalue weighted by Crippen LogP contribution is -2.13. The van der Waals surface area contributed by atoms with Crippen LogP contribution in [0.15, 0.2) is 53.1 Å². The zero-order chi connectivity index (χ0) is 16.9. The van der Waals surface area contributed by atoms with Crippen LogP contribution in [0, 0.1) is 0 Å². The van der Waals surface area contributed by atoms with Crippen LogP contribution in [0.2, 0.25) is 0 Å². The van der Waals surface area contributed by atoms with Gasteiger partial charge in [-0.3, -0.25) is 0 Å². The van der Waals surface area contributed by atoms with Gasteiger partial charge in [-0.1, -0.05) is 35.5 Å². The Morgan fingerprint density at radius 1 is 1.04 bits per heavy atom. The molecule has 6 nitrogen and oxygen atoms in total. The summed E-state index contributed by atoms with van der Waals surface area (Å²) in [5, 5.41) is 4.03. The lowest BCUT2D eigenvalue weighted by Gasteiger charge is -2.08. The predicted molar refractivity (Wildman–Crippen MR) is 89.9 cm³/mol. The van der Waals surface area contributed by atoms with Crippen molar-refractivity contribution in [3.63, 3.8) is 0 Å². The van der Waals surface area contributed by atoms with Gasteiger partial charge < -0.3 is 19.7 Å². The minimum Gasteiger partial charge on any atom is -0.497 e. The SMILES string of the molecule is COc1cc(OC)cc(-c2noc(C[C@@H](N)c3ccccc3)n2)c1. The minimum atomic E-state index is -0.195.